The molecule has 0 bridgehead atoms. The number of ether oxygens (including phenoxy) is 2. The van der Waals surface area contributed by atoms with Crippen LogP contribution in [0.15, 0.2) is 24.3 Å². The zero-order valence-corrected chi connectivity index (χ0v) is 16.1. The van der Waals surface area contributed by atoms with Crippen molar-refractivity contribution in [3.05, 3.63) is 29.8 Å². The normalized spacial score (nSPS) is 26.4. The van der Waals surface area contributed by atoms with E-state index in [9.17, 15) is 9.59 Å². The molecule has 1 aromatic carbocycles. The summed E-state index contributed by atoms with van der Waals surface area (Å²) < 4.78 is 11.4. The second-order valence-corrected chi connectivity index (χ2v) is 8.15. The zero-order chi connectivity index (χ0) is 19.0. The fourth-order valence-electron chi connectivity index (χ4n) is 4.03. The maximum absolute atomic E-state index is 12.7. The van der Waals surface area contributed by atoms with Gasteiger partial charge in [0.1, 0.15) is 0 Å². The van der Waals surface area contributed by atoms with E-state index in [-0.39, 0.29) is 23.7 Å². The highest BCUT2D eigenvalue weighted by molar-refractivity contribution is 5.99. The molecule has 1 N–H and O–H groups in total. The Kier molecular flexibility index (Phi) is 4.95. The Balaban J connectivity index is 1.27. The first-order valence-corrected chi connectivity index (χ1v) is 9.95. The lowest BCUT2D eigenvalue weighted by Gasteiger charge is -2.37. The number of piperidine rings is 1. The zero-order valence-electron chi connectivity index (χ0n) is 16.1. The van der Waals surface area contributed by atoms with Crippen LogP contribution in [0.1, 0.15) is 44.6 Å². The van der Waals surface area contributed by atoms with Crippen LogP contribution >= 0.6 is 0 Å². The number of nitrogens with zero attached hydrogens (tertiary/aromatic N) is 1. The van der Waals surface area contributed by atoms with E-state index in [1.165, 1.54) is 5.56 Å². The molecule has 27 heavy (non-hydrogen) atoms. The van der Waals surface area contributed by atoms with Crippen LogP contribution in [0.25, 0.3) is 0 Å². The fourth-order valence-corrected chi connectivity index (χ4v) is 4.03. The van der Waals surface area contributed by atoms with Crippen LogP contribution in [0.5, 0.6) is 0 Å². The molecule has 3 fully saturated rings. The first-order chi connectivity index (χ1) is 13.0. The molecule has 4 rings (SSSR count). The molecule has 146 valence electrons. The van der Waals surface area contributed by atoms with E-state index in [0.717, 1.165) is 5.69 Å². The predicted molar refractivity (Wildman–Crippen MR) is 101 cm³/mol. The number of rotatable bonds is 4. The minimum Gasteiger partial charge on any atom is -0.347 e. The molecule has 2 atom stereocenters. The van der Waals surface area contributed by atoms with Crippen LogP contribution in [-0.4, -0.2) is 48.8 Å². The first-order valence-electron chi connectivity index (χ1n) is 9.95. The topological polar surface area (TPSA) is 67.9 Å². The minimum atomic E-state index is -0.473. The summed E-state index contributed by atoms with van der Waals surface area (Å²) in [4.78, 5) is 27.1. The van der Waals surface area contributed by atoms with Gasteiger partial charge in [0, 0.05) is 31.6 Å². The highest BCUT2D eigenvalue weighted by Crippen LogP contribution is 2.42. The molecule has 6 nitrogen and oxygen atoms in total. The molecule has 2 amide bonds. The number of carbonyl (C=O) groups is 2. The molecule has 2 unspecified atom stereocenters. The van der Waals surface area contributed by atoms with Crippen LogP contribution in [0.2, 0.25) is 0 Å². The van der Waals surface area contributed by atoms with Gasteiger partial charge in [-0.1, -0.05) is 26.0 Å². The van der Waals surface area contributed by atoms with E-state index in [0.29, 0.717) is 51.5 Å². The van der Waals surface area contributed by atoms with Gasteiger partial charge in [0.15, 0.2) is 5.79 Å². The summed E-state index contributed by atoms with van der Waals surface area (Å²) in [6.07, 6.45) is 2.07. The molecular weight excluding hydrogens is 344 g/mol. The van der Waals surface area contributed by atoms with Gasteiger partial charge in [0.2, 0.25) is 11.8 Å². The molecule has 2 saturated heterocycles. The van der Waals surface area contributed by atoms with Crippen molar-refractivity contribution in [1.82, 2.24) is 4.90 Å². The monoisotopic (exact) mass is 372 g/mol. The molecule has 1 spiro atoms. The van der Waals surface area contributed by atoms with Crippen molar-refractivity contribution in [1.29, 1.82) is 0 Å². The van der Waals surface area contributed by atoms with Gasteiger partial charge in [0.25, 0.3) is 0 Å². The van der Waals surface area contributed by atoms with E-state index >= 15 is 0 Å². The molecule has 0 radical (unpaired) electrons. The average Bonchev–Trinajstić information content (AvgIpc) is 3.36. The second kappa shape index (κ2) is 7.24. The lowest BCUT2D eigenvalue weighted by molar-refractivity contribution is -0.187. The standard InChI is InChI=1S/C21H28N2O4/c1-14(2)15-3-5-16(6-4-15)22-19(24)17-13-18(17)20(25)23-9-7-21(8-10-23)26-11-12-27-21/h3-6,14,17-18H,7-13H2,1-2H3,(H,22,24). The minimum absolute atomic E-state index is 0.0541. The number of hydrogen-bond acceptors (Lipinski definition) is 4. The molecule has 1 saturated carbocycles. The third kappa shape index (κ3) is 3.87. The lowest BCUT2D eigenvalue weighted by Crippen LogP contribution is -2.48. The van der Waals surface area contributed by atoms with Gasteiger partial charge in [-0.05, 0) is 30.0 Å². The predicted octanol–water partition coefficient (Wildman–Crippen LogP) is 2.75. The summed E-state index contributed by atoms with van der Waals surface area (Å²) in [5.41, 5.74) is 2.03. The molecule has 0 aromatic heterocycles. The number of carbonyl (C=O) groups excluding carboxylic acids is 2. The van der Waals surface area contributed by atoms with Crippen LogP contribution in [0.4, 0.5) is 5.69 Å². The Labute approximate surface area is 160 Å². The second-order valence-electron chi connectivity index (χ2n) is 8.15. The van der Waals surface area contributed by atoms with Gasteiger partial charge in [0.05, 0.1) is 25.0 Å². The summed E-state index contributed by atoms with van der Waals surface area (Å²) >= 11 is 0. The Hall–Kier alpha value is -1.92. The Morgan fingerprint density at radius 3 is 2.30 bits per heavy atom. The van der Waals surface area contributed by atoms with Crippen molar-refractivity contribution in [2.24, 2.45) is 11.8 Å². The van der Waals surface area contributed by atoms with Crippen LogP contribution in [0, 0.1) is 11.8 Å². The van der Waals surface area contributed by atoms with Crippen LogP contribution in [-0.2, 0) is 19.1 Å². The highest BCUT2D eigenvalue weighted by Gasteiger charge is 2.51. The number of amides is 2. The first kappa shape index (κ1) is 18.4. The Morgan fingerprint density at radius 1 is 1.07 bits per heavy atom. The van der Waals surface area contributed by atoms with E-state index in [1.54, 1.807) is 0 Å². The van der Waals surface area contributed by atoms with E-state index in [4.69, 9.17) is 9.47 Å². The lowest BCUT2D eigenvalue weighted by atomic mass is 10.0. The van der Waals surface area contributed by atoms with Gasteiger partial charge >= 0.3 is 0 Å². The van der Waals surface area contributed by atoms with Gasteiger partial charge in [-0.25, -0.2) is 0 Å². The van der Waals surface area contributed by atoms with Crippen LogP contribution < -0.4 is 5.32 Å². The van der Waals surface area contributed by atoms with Crippen molar-refractivity contribution in [2.75, 3.05) is 31.6 Å². The van der Waals surface area contributed by atoms with Gasteiger partial charge in [-0.15, -0.1) is 0 Å². The van der Waals surface area contributed by atoms with Crippen molar-refractivity contribution in [3.8, 4) is 0 Å². The number of nitrogens with one attached hydrogen (secondary N) is 1. The maximum Gasteiger partial charge on any atom is 0.228 e. The van der Waals surface area contributed by atoms with E-state index < -0.39 is 5.79 Å². The van der Waals surface area contributed by atoms with Crippen LogP contribution in [0.3, 0.4) is 0 Å². The molecule has 1 aliphatic carbocycles. The Morgan fingerprint density at radius 2 is 1.70 bits per heavy atom. The molecule has 3 aliphatic rings. The Bertz CT molecular complexity index is 699. The van der Waals surface area contributed by atoms with Crippen molar-refractivity contribution >= 4 is 17.5 Å². The number of benzene rings is 1. The summed E-state index contributed by atoms with van der Waals surface area (Å²) in [5, 5.41) is 2.95. The van der Waals surface area contributed by atoms with Gasteiger partial charge in [-0.3, -0.25) is 9.59 Å². The summed E-state index contributed by atoms with van der Waals surface area (Å²) in [6, 6.07) is 7.93. The fraction of sp³-hybridized carbons (Fsp3) is 0.619. The van der Waals surface area contributed by atoms with Crippen molar-refractivity contribution in [3.63, 3.8) is 0 Å². The van der Waals surface area contributed by atoms with Crippen molar-refractivity contribution < 1.29 is 19.1 Å². The van der Waals surface area contributed by atoms with E-state index in [2.05, 4.69) is 19.2 Å². The third-order valence-electron chi connectivity index (χ3n) is 5.94. The number of hydrogen-bond donors (Lipinski definition) is 1. The van der Waals surface area contributed by atoms with Crippen molar-refractivity contribution in [2.45, 2.75) is 44.8 Å². The molecule has 1 aromatic rings. The summed E-state index contributed by atoms with van der Waals surface area (Å²) in [6.45, 7) is 6.83. The maximum atomic E-state index is 12.7. The quantitative estimate of drug-likeness (QED) is 0.882. The molecular formula is C21H28N2O4. The largest absolute Gasteiger partial charge is 0.347 e. The molecule has 2 aliphatic heterocycles. The number of anilines is 1. The highest BCUT2D eigenvalue weighted by atomic mass is 16.7. The van der Waals surface area contributed by atoms with Gasteiger partial charge in [-0.2, -0.15) is 0 Å². The smallest absolute Gasteiger partial charge is 0.228 e. The van der Waals surface area contributed by atoms with Gasteiger partial charge < -0.3 is 19.7 Å². The molecule has 2 heterocycles. The number of likely N-dealkylation sites (tertiary alicyclic amines) is 1. The van der Waals surface area contributed by atoms with E-state index in [1.807, 2.05) is 29.2 Å². The third-order valence-corrected chi connectivity index (χ3v) is 5.94. The summed E-state index contributed by atoms with van der Waals surface area (Å²) in [5.74, 6) is -0.362. The summed E-state index contributed by atoms with van der Waals surface area (Å²) in [7, 11) is 0. The average molecular weight is 372 g/mol. The SMILES string of the molecule is CC(C)c1ccc(NC(=O)C2CC2C(=O)N2CCC3(CC2)OCCO3)cc1. The molecule has 6 heteroatoms.